The van der Waals surface area contributed by atoms with Crippen molar-refractivity contribution in [1.29, 1.82) is 0 Å². The summed E-state index contributed by atoms with van der Waals surface area (Å²) in [5.41, 5.74) is 1.91. The summed E-state index contributed by atoms with van der Waals surface area (Å²) >= 11 is 0. The lowest BCUT2D eigenvalue weighted by Crippen LogP contribution is -2.33. The topological polar surface area (TPSA) is 62.7 Å². The van der Waals surface area contributed by atoms with Gasteiger partial charge in [0.25, 0.3) is 0 Å². The molecule has 1 fully saturated rings. The summed E-state index contributed by atoms with van der Waals surface area (Å²) in [5, 5.41) is 11.4. The van der Waals surface area contributed by atoms with Crippen LogP contribution in [0.3, 0.4) is 0 Å². The molecule has 1 aromatic carbocycles. The van der Waals surface area contributed by atoms with Gasteiger partial charge in [0.1, 0.15) is 6.61 Å². The number of fused-ring (bicyclic) bond motifs is 1. The molecule has 1 saturated heterocycles. The monoisotopic (exact) mass is 328 g/mol. The number of hydrogen-bond acceptors (Lipinski definition) is 4. The molecule has 0 saturated carbocycles. The second-order valence-electron chi connectivity index (χ2n) is 6.69. The van der Waals surface area contributed by atoms with Gasteiger partial charge < -0.3 is 14.7 Å². The van der Waals surface area contributed by atoms with Gasteiger partial charge in [-0.05, 0) is 32.4 Å². The molecule has 0 unspecified atom stereocenters. The molecule has 0 aliphatic carbocycles. The van der Waals surface area contributed by atoms with E-state index in [4.69, 9.17) is 4.74 Å². The molecule has 0 spiro atoms. The van der Waals surface area contributed by atoms with E-state index in [2.05, 4.69) is 11.1 Å². The Balaban J connectivity index is 1.63. The van der Waals surface area contributed by atoms with Crippen LogP contribution in [0, 0.1) is 5.92 Å². The standard InChI is InChI=1S/C19H24N2O3/c1-13(2)24-12-19(23)21-10-15(18(22)11-21)9-16-8-7-14-5-3-4-6-17(14)20-16/h3-8,13,15,18,22H,9-12H2,1-2H3/t15-,18-/m1/s1. The molecule has 1 amide bonds. The summed E-state index contributed by atoms with van der Waals surface area (Å²) in [6.07, 6.45) is 0.182. The van der Waals surface area contributed by atoms with Crippen molar-refractivity contribution in [2.75, 3.05) is 19.7 Å². The lowest BCUT2D eigenvalue weighted by molar-refractivity contribution is -0.136. The Morgan fingerprint density at radius 2 is 2.08 bits per heavy atom. The number of β-amino-alcohol motifs (C(OH)–C–C–N with tert-alkyl or cyclic N) is 1. The number of aliphatic hydroxyl groups is 1. The van der Waals surface area contributed by atoms with Gasteiger partial charge in [0, 0.05) is 30.1 Å². The van der Waals surface area contributed by atoms with E-state index in [1.807, 2.05) is 44.2 Å². The van der Waals surface area contributed by atoms with Crippen molar-refractivity contribution in [2.45, 2.75) is 32.5 Å². The summed E-state index contributed by atoms with van der Waals surface area (Å²) in [7, 11) is 0. The Kier molecular flexibility index (Phi) is 5.11. The van der Waals surface area contributed by atoms with Crippen molar-refractivity contribution < 1.29 is 14.6 Å². The molecule has 1 aliphatic heterocycles. The maximum Gasteiger partial charge on any atom is 0.248 e. The number of para-hydroxylation sites is 1. The SMILES string of the molecule is CC(C)OCC(=O)N1C[C@@H](Cc2ccc3ccccc3n2)[C@H](O)C1. The van der Waals surface area contributed by atoms with E-state index in [-0.39, 0.29) is 24.5 Å². The van der Waals surface area contributed by atoms with Crippen LogP contribution in [-0.2, 0) is 16.0 Å². The zero-order valence-corrected chi connectivity index (χ0v) is 14.2. The molecule has 0 radical (unpaired) electrons. The minimum absolute atomic E-state index is 0.0154. The number of nitrogens with zero attached hydrogens (tertiary/aromatic N) is 2. The number of carbonyl (C=O) groups excluding carboxylic acids is 1. The first kappa shape index (κ1) is 16.9. The second kappa shape index (κ2) is 7.28. The second-order valence-corrected chi connectivity index (χ2v) is 6.69. The molecule has 0 bridgehead atoms. The quantitative estimate of drug-likeness (QED) is 0.912. The highest BCUT2D eigenvalue weighted by atomic mass is 16.5. The van der Waals surface area contributed by atoms with Crippen molar-refractivity contribution in [3.8, 4) is 0 Å². The van der Waals surface area contributed by atoms with Gasteiger partial charge in [0.05, 0.1) is 17.7 Å². The largest absolute Gasteiger partial charge is 0.391 e. The third-order valence-electron chi connectivity index (χ3n) is 4.43. The van der Waals surface area contributed by atoms with E-state index in [1.54, 1.807) is 4.90 Å². The van der Waals surface area contributed by atoms with E-state index in [1.165, 1.54) is 0 Å². The van der Waals surface area contributed by atoms with Gasteiger partial charge in [-0.15, -0.1) is 0 Å². The van der Waals surface area contributed by atoms with Crippen molar-refractivity contribution in [3.05, 3.63) is 42.1 Å². The molecule has 5 nitrogen and oxygen atoms in total. The first-order chi connectivity index (χ1) is 11.5. The van der Waals surface area contributed by atoms with Crippen LogP contribution in [0.2, 0.25) is 0 Å². The zero-order chi connectivity index (χ0) is 17.1. The number of pyridine rings is 1. The van der Waals surface area contributed by atoms with Crippen LogP contribution >= 0.6 is 0 Å². The molecule has 5 heteroatoms. The normalized spacial score (nSPS) is 20.9. The fourth-order valence-corrected chi connectivity index (χ4v) is 3.08. The predicted molar refractivity (Wildman–Crippen MR) is 92.6 cm³/mol. The zero-order valence-electron chi connectivity index (χ0n) is 14.2. The van der Waals surface area contributed by atoms with Gasteiger partial charge in [-0.25, -0.2) is 0 Å². The number of ether oxygens (including phenoxy) is 1. The first-order valence-electron chi connectivity index (χ1n) is 8.45. The van der Waals surface area contributed by atoms with Crippen LogP contribution in [0.1, 0.15) is 19.5 Å². The Labute approximate surface area is 142 Å². The van der Waals surface area contributed by atoms with Crippen LogP contribution in [0.15, 0.2) is 36.4 Å². The third-order valence-corrected chi connectivity index (χ3v) is 4.43. The van der Waals surface area contributed by atoms with Gasteiger partial charge in [-0.2, -0.15) is 0 Å². The van der Waals surface area contributed by atoms with E-state index in [0.29, 0.717) is 19.5 Å². The summed E-state index contributed by atoms with van der Waals surface area (Å²) in [5.74, 6) is -0.0432. The Hall–Kier alpha value is -1.98. The average molecular weight is 328 g/mol. The highest BCUT2D eigenvalue weighted by Crippen LogP contribution is 2.22. The Morgan fingerprint density at radius 3 is 2.88 bits per heavy atom. The van der Waals surface area contributed by atoms with Gasteiger partial charge in [-0.3, -0.25) is 9.78 Å². The lowest BCUT2D eigenvalue weighted by atomic mass is 9.99. The number of aromatic nitrogens is 1. The van der Waals surface area contributed by atoms with Crippen LogP contribution in [-0.4, -0.2) is 52.8 Å². The first-order valence-corrected chi connectivity index (χ1v) is 8.45. The smallest absolute Gasteiger partial charge is 0.248 e. The van der Waals surface area contributed by atoms with E-state index in [0.717, 1.165) is 16.6 Å². The van der Waals surface area contributed by atoms with Crippen LogP contribution in [0.4, 0.5) is 0 Å². The molecule has 3 rings (SSSR count). The van der Waals surface area contributed by atoms with Crippen LogP contribution in [0.5, 0.6) is 0 Å². The van der Waals surface area contributed by atoms with E-state index < -0.39 is 6.10 Å². The predicted octanol–water partition coefficient (Wildman–Crippen LogP) is 2.02. The number of aliphatic hydroxyl groups excluding tert-OH is 1. The maximum absolute atomic E-state index is 12.1. The van der Waals surface area contributed by atoms with Crippen LogP contribution in [0.25, 0.3) is 10.9 Å². The third kappa shape index (κ3) is 3.91. The van der Waals surface area contributed by atoms with Gasteiger partial charge >= 0.3 is 0 Å². The maximum atomic E-state index is 12.1. The van der Waals surface area contributed by atoms with Gasteiger partial charge in [0.15, 0.2) is 0 Å². The molecule has 1 aromatic heterocycles. The van der Waals surface area contributed by atoms with E-state index in [9.17, 15) is 9.90 Å². The van der Waals surface area contributed by atoms with Crippen molar-refractivity contribution in [2.24, 2.45) is 5.92 Å². The van der Waals surface area contributed by atoms with Crippen molar-refractivity contribution in [1.82, 2.24) is 9.88 Å². The fraction of sp³-hybridized carbons (Fsp3) is 0.474. The number of amides is 1. The summed E-state index contributed by atoms with van der Waals surface area (Å²) in [6.45, 7) is 4.81. The minimum Gasteiger partial charge on any atom is -0.391 e. The molecular weight excluding hydrogens is 304 g/mol. The molecule has 2 atom stereocenters. The number of carbonyl (C=O) groups is 1. The van der Waals surface area contributed by atoms with Crippen molar-refractivity contribution >= 4 is 16.8 Å². The molecular formula is C19H24N2O3. The molecule has 128 valence electrons. The summed E-state index contributed by atoms with van der Waals surface area (Å²) < 4.78 is 5.37. The minimum atomic E-state index is -0.513. The fourth-order valence-electron chi connectivity index (χ4n) is 3.08. The summed E-state index contributed by atoms with van der Waals surface area (Å²) in [6, 6.07) is 12.0. The molecule has 2 heterocycles. The average Bonchev–Trinajstić information content (AvgIpc) is 2.93. The van der Waals surface area contributed by atoms with E-state index >= 15 is 0 Å². The number of rotatable bonds is 5. The number of benzene rings is 1. The molecule has 1 N–H and O–H groups in total. The number of hydrogen-bond donors (Lipinski definition) is 1. The Morgan fingerprint density at radius 1 is 1.29 bits per heavy atom. The number of likely N-dealkylation sites (tertiary alicyclic amines) is 1. The van der Waals surface area contributed by atoms with Gasteiger partial charge in [-0.1, -0.05) is 24.3 Å². The summed E-state index contributed by atoms with van der Waals surface area (Å²) in [4.78, 5) is 18.5. The highest BCUT2D eigenvalue weighted by Gasteiger charge is 2.34. The highest BCUT2D eigenvalue weighted by molar-refractivity contribution is 5.78. The van der Waals surface area contributed by atoms with Crippen molar-refractivity contribution in [3.63, 3.8) is 0 Å². The van der Waals surface area contributed by atoms with Crippen LogP contribution < -0.4 is 0 Å². The lowest BCUT2D eigenvalue weighted by Gasteiger charge is -2.17. The molecule has 2 aromatic rings. The van der Waals surface area contributed by atoms with Gasteiger partial charge in [0.2, 0.25) is 5.91 Å². The molecule has 24 heavy (non-hydrogen) atoms. The Bertz CT molecular complexity index is 717. The molecule has 1 aliphatic rings.